The molecule has 0 fully saturated rings. The molecule has 160 valence electrons. The molecule has 1 aromatic heterocycles. The third-order valence-electron chi connectivity index (χ3n) is 3.97. The molecule has 0 bridgehead atoms. The Morgan fingerprint density at radius 2 is 1.59 bits per heavy atom. The fourth-order valence-corrected chi connectivity index (χ4v) is 4.08. The van der Waals surface area contributed by atoms with Crippen molar-refractivity contribution < 1.29 is 28.8 Å². The van der Waals surface area contributed by atoms with Crippen molar-refractivity contribution in [1.29, 1.82) is 0 Å². The third-order valence-corrected chi connectivity index (χ3v) is 6.64. The van der Waals surface area contributed by atoms with Gasteiger partial charge in [0.25, 0.3) is 0 Å². The first-order valence-corrected chi connectivity index (χ1v) is 12.4. The molecule has 5 nitrogen and oxygen atoms in total. The van der Waals surface area contributed by atoms with Crippen molar-refractivity contribution in [1.82, 2.24) is 10.5 Å². The third kappa shape index (κ3) is 8.12. The summed E-state index contributed by atoms with van der Waals surface area (Å²) in [6.45, 7) is 1.80. The van der Waals surface area contributed by atoms with Gasteiger partial charge in [-0.1, -0.05) is 28.1 Å². The number of imidazole rings is 1. The van der Waals surface area contributed by atoms with Gasteiger partial charge in [-0.05, 0) is 17.7 Å². The molecule has 1 heterocycles. The molecule has 0 N–H and O–H groups in total. The van der Waals surface area contributed by atoms with E-state index < -0.39 is 0 Å². The Kier molecular flexibility index (Phi) is 10.9. The fourth-order valence-electron chi connectivity index (χ4n) is 2.51. The number of hydrogen-bond acceptors (Lipinski definition) is 3. The van der Waals surface area contributed by atoms with Crippen LogP contribution >= 0.6 is 61.7 Å². The Morgan fingerprint density at radius 3 is 2.10 bits per heavy atom. The summed E-state index contributed by atoms with van der Waals surface area (Å²) in [5, 5.41) is 0. The summed E-state index contributed by atoms with van der Waals surface area (Å²) in [7, 11) is 5.33. The van der Waals surface area contributed by atoms with E-state index in [-0.39, 0.29) is 0 Å². The van der Waals surface area contributed by atoms with Crippen LogP contribution in [0.1, 0.15) is 11.1 Å². The molecule has 9 heteroatoms. The van der Waals surface area contributed by atoms with Crippen LogP contribution in [-0.2, 0) is 39.5 Å². The number of halogens is 3. The molecule has 0 aliphatic rings. The first-order valence-electron chi connectivity index (χ1n) is 8.55. The average molecular weight is 865 g/mol. The Labute approximate surface area is 218 Å². The molecule has 29 heavy (non-hydrogen) atoms. The molecule has 3 aromatic rings. The van der Waals surface area contributed by atoms with Crippen LogP contribution in [0, 0.1) is 3.80 Å². The van der Waals surface area contributed by atoms with E-state index in [0.29, 0.717) is 0 Å². The molecule has 0 atom stereocenters. The molecule has 0 aliphatic carbocycles. The summed E-state index contributed by atoms with van der Waals surface area (Å²) < 4.78 is 19.2. The normalized spacial score (nSPS) is 10.5. The predicted molar refractivity (Wildman–Crippen MR) is 133 cm³/mol. The molecule has 0 spiro atoms. The van der Waals surface area contributed by atoms with E-state index in [1.54, 1.807) is 14.2 Å². The van der Waals surface area contributed by atoms with Crippen molar-refractivity contribution in [2.45, 2.75) is 13.1 Å². The van der Waals surface area contributed by atoms with Gasteiger partial charge in [-0.2, -0.15) is 1.33 Å². The maximum absolute atomic E-state index is 5.31. The standard InChI is InChI=1S/C13H16N2O2.C7H6BrI2N.Pt/c1-14-6-7-15(10-14)9-11-4-5-12(16-2)13(8-11)17-3;8-7-3-1-6(2-4-7)5-11(9)10;/h4-8H,9H2,1-3H3;1-4H,5H2;. The summed E-state index contributed by atoms with van der Waals surface area (Å²) in [5.41, 5.74) is 2.51. The van der Waals surface area contributed by atoms with Crippen molar-refractivity contribution in [3.8, 4) is 11.5 Å². The molecule has 0 saturated heterocycles. The number of aryl methyl sites for hydroxylation is 1. The van der Waals surface area contributed by atoms with E-state index in [1.807, 2.05) is 25.4 Å². The zero-order valence-corrected chi connectivity index (χ0v) is 24.4. The quantitative estimate of drug-likeness (QED) is 0.228. The number of rotatable bonds is 6. The van der Waals surface area contributed by atoms with Gasteiger partial charge in [0.2, 0.25) is 0 Å². The fraction of sp³-hybridized carbons (Fsp3) is 0.250. The summed E-state index contributed by atoms with van der Waals surface area (Å²) in [4.78, 5) is 0. The van der Waals surface area contributed by atoms with Crippen LogP contribution in [0.25, 0.3) is 0 Å². The number of nitrogens with zero attached hydrogens (tertiary/aromatic N) is 3. The first kappa shape index (κ1) is 25.1. The van der Waals surface area contributed by atoms with Crippen molar-refractivity contribution in [2.24, 2.45) is 7.05 Å². The Morgan fingerprint density at radius 1 is 0.966 bits per heavy atom. The van der Waals surface area contributed by atoms with Crippen molar-refractivity contribution in [2.75, 3.05) is 14.2 Å². The Balaban J connectivity index is 0.000000234. The molecule has 0 unspecified atom stereocenters. The second-order valence-electron chi connectivity index (χ2n) is 6.06. The minimum absolute atomic E-state index is 0.758. The van der Waals surface area contributed by atoms with Crippen LogP contribution in [0.15, 0.2) is 59.3 Å². The van der Waals surface area contributed by atoms with E-state index in [2.05, 4.69) is 128 Å². The van der Waals surface area contributed by atoms with Gasteiger partial charge >= 0.3 is 117 Å². The number of ether oxygens (including phenoxy) is 2. The number of aromatic nitrogens is 2. The molecule has 0 radical (unpaired) electrons. The number of benzene rings is 2. The van der Waals surface area contributed by atoms with Crippen LogP contribution in [0.2, 0.25) is 0 Å². The topological polar surface area (TPSA) is 31.6 Å². The van der Waals surface area contributed by atoms with Crippen LogP contribution in [0.5, 0.6) is 11.5 Å². The van der Waals surface area contributed by atoms with Gasteiger partial charge in [-0.15, -0.1) is 0 Å². The Bertz CT molecular complexity index is 975. The molecule has 3 rings (SSSR count). The van der Waals surface area contributed by atoms with E-state index in [1.165, 1.54) is 14.9 Å². The summed E-state index contributed by atoms with van der Waals surface area (Å²) in [5.74, 6) is 1.52. The van der Waals surface area contributed by atoms with Gasteiger partial charge in [0, 0.05) is 56.7 Å². The van der Waals surface area contributed by atoms with Crippen LogP contribution < -0.4 is 9.47 Å². The minimum atomic E-state index is 0.758. The molecule has 0 amide bonds. The molecule has 0 saturated carbocycles. The van der Waals surface area contributed by atoms with Gasteiger partial charge in [-0.3, -0.25) is 0 Å². The van der Waals surface area contributed by atoms with E-state index in [4.69, 9.17) is 9.47 Å². The average Bonchev–Trinajstić information content (AvgIpc) is 3.02. The van der Waals surface area contributed by atoms with Crippen molar-refractivity contribution >= 4 is 61.7 Å². The second kappa shape index (κ2) is 12.6. The number of methoxy groups -OCH3 is 2. The zero-order chi connectivity index (χ0) is 21.4. The van der Waals surface area contributed by atoms with Crippen molar-refractivity contribution in [3.63, 3.8) is 0 Å². The molecular weight excluding hydrogens is 843 g/mol. The summed E-state index contributed by atoms with van der Waals surface area (Å²) in [6, 6.07) is 14.4. The van der Waals surface area contributed by atoms with Crippen LogP contribution in [0.3, 0.4) is 0 Å². The van der Waals surface area contributed by atoms with Crippen LogP contribution in [0.4, 0.5) is 0 Å². The predicted octanol–water partition coefficient (Wildman–Crippen LogP) is 5.92. The van der Waals surface area contributed by atoms with Crippen LogP contribution in [-0.4, -0.2) is 24.7 Å². The van der Waals surface area contributed by atoms with E-state index in [9.17, 15) is 0 Å². The number of hydrogen-bond donors (Lipinski definition) is 0. The van der Waals surface area contributed by atoms with E-state index >= 15 is 0 Å². The van der Waals surface area contributed by atoms with Gasteiger partial charge in [-0.25, -0.2) is 0 Å². The van der Waals surface area contributed by atoms with Gasteiger partial charge in [0.05, 0.1) is 0 Å². The maximum atomic E-state index is 5.31. The molecular formula is C20H22BrI2N3O2Pt. The zero-order valence-electron chi connectivity index (χ0n) is 16.2. The molecule has 0 aliphatic heterocycles. The monoisotopic (exact) mass is 864 g/mol. The van der Waals surface area contributed by atoms with Gasteiger partial charge < -0.3 is 0 Å². The second-order valence-corrected chi connectivity index (χ2v) is 12.2. The van der Waals surface area contributed by atoms with Crippen molar-refractivity contribution in [3.05, 3.63) is 74.3 Å². The summed E-state index contributed by atoms with van der Waals surface area (Å²) in [6.07, 6.45) is 4.11. The SMILES string of the molecule is Brc1ccc(CN(I)I)cc1.COc1ccc(Cn2ccn(C)[c]2=[Pt])cc1OC. The van der Waals surface area contributed by atoms with Gasteiger partial charge in [0.1, 0.15) is 0 Å². The first-order chi connectivity index (χ1) is 13.8. The summed E-state index contributed by atoms with van der Waals surface area (Å²) >= 11 is 10.2. The van der Waals surface area contributed by atoms with Gasteiger partial charge in [0.15, 0.2) is 0 Å². The van der Waals surface area contributed by atoms with E-state index in [0.717, 1.165) is 29.1 Å². The Hall–Kier alpha value is -0.162. The molecule has 2 aromatic carbocycles.